The third kappa shape index (κ3) is 2.78. The lowest BCUT2D eigenvalue weighted by Gasteiger charge is -2.17. The number of hydrogen-bond acceptors (Lipinski definition) is 2. The SMILES string of the molecule is Cc1ccc(O)c(C(C)Nc2ccccc2)c1. The molecule has 0 spiro atoms. The second-order valence-electron chi connectivity index (χ2n) is 4.29. The van der Waals surface area contributed by atoms with E-state index in [2.05, 4.69) is 5.32 Å². The van der Waals surface area contributed by atoms with Crippen LogP contribution in [0.1, 0.15) is 24.1 Å². The predicted octanol–water partition coefficient (Wildman–Crippen LogP) is 3.87. The van der Waals surface area contributed by atoms with Gasteiger partial charge in [0, 0.05) is 11.3 Å². The molecule has 2 N–H and O–H groups in total. The Morgan fingerprint density at radius 2 is 1.76 bits per heavy atom. The van der Waals surface area contributed by atoms with Gasteiger partial charge >= 0.3 is 0 Å². The number of phenolic OH excluding ortho intramolecular Hbond substituents is 1. The molecule has 0 saturated heterocycles. The Bertz CT molecular complexity index is 494. The Labute approximate surface area is 102 Å². The van der Waals surface area contributed by atoms with Crippen molar-refractivity contribution in [2.75, 3.05) is 5.32 Å². The maximum Gasteiger partial charge on any atom is 0.120 e. The molecule has 0 aliphatic rings. The van der Waals surface area contributed by atoms with Gasteiger partial charge in [0.1, 0.15) is 5.75 Å². The van der Waals surface area contributed by atoms with Crippen LogP contribution in [-0.2, 0) is 0 Å². The standard InChI is InChI=1S/C15H17NO/c1-11-8-9-15(17)14(10-11)12(2)16-13-6-4-3-5-7-13/h3-10,12,16-17H,1-2H3. The molecule has 0 aliphatic heterocycles. The first-order chi connectivity index (χ1) is 8.16. The second-order valence-corrected chi connectivity index (χ2v) is 4.29. The summed E-state index contributed by atoms with van der Waals surface area (Å²) in [5, 5.41) is 13.2. The summed E-state index contributed by atoms with van der Waals surface area (Å²) in [5.74, 6) is 0.339. The number of nitrogens with one attached hydrogen (secondary N) is 1. The molecule has 0 heterocycles. The van der Waals surface area contributed by atoms with Crippen LogP contribution in [0.5, 0.6) is 5.75 Å². The van der Waals surface area contributed by atoms with Crippen molar-refractivity contribution in [3.05, 3.63) is 59.7 Å². The second kappa shape index (κ2) is 4.91. The van der Waals surface area contributed by atoms with E-state index in [0.29, 0.717) is 5.75 Å². The molecule has 0 aliphatic carbocycles. The molecule has 88 valence electrons. The van der Waals surface area contributed by atoms with Gasteiger partial charge in [-0.1, -0.05) is 35.9 Å². The average molecular weight is 227 g/mol. The molecule has 0 bridgehead atoms. The highest BCUT2D eigenvalue weighted by molar-refractivity contribution is 5.47. The third-order valence-electron chi connectivity index (χ3n) is 2.81. The van der Waals surface area contributed by atoms with E-state index in [-0.39, 0.29) is 6.04 Å². The minimum atomic E-state index is 0.0808. The fourth-order valence-electron chi connectivity index (χ4n) is 1.88. The highest BCUT2D eigenvalue weighted by Gasteiger charge is 2.09. The van der Waals surface area contributed by atoms with E-state index in [9.17, 15) is 5.11 Å². The molecule has 17 heavy (non-hydrogen) atoms. The van der Waals surface area contributed by atoms with Gasteiger partial charge in [-0.2, -0.15) is 0 Å². The lowest BCUT2D eigenvalue weighted by atomic mass is 10.0. The molecule has 0 radical (unpaired) electrons. The van der Waals surface area contributed by atoms with Crippen LogP contribution >= 0.6 is 0 Å². The normalized spacial score (nSPS) is 12.1. The van der Waals surface area contributed by atoms with Crippen LogP contribution in [0.3, 0.4) is 0 Å². The number of para-hydroxylation sites is 1. The van der Waals surface area contributed by atoms with Crippen LogP contribution in [0.2, 0.25) is 0 Å². The lowest BCUT2D eigenvalue weighted by molar-refractivity contribution is 0.465. The van der Waals surface area contributed by atoms with E-state index in [4.69, 9.17) is 0 Å². The van der Waals surface area contributed by atoms with Gasteiger partial charge in [0.15, 0.2) is 0 Å². The number of rotatable bonds is 3. The molecule has 2 aromatic carbocycles. The van der Waals surface area contributed by atoms with Crippen molar-refractivity contribution in [1.82, 2.24) is 0 Å². The highest BCUT2D eigenvalue weighted by Crippen LogP contribution is 2.27. The van der Waals surface area contributed by atoms with Crippen molar-refractivity contribution in [3.63, 3.8) is 0 Å². The zero-order valence-corrected chi connectivity index (χ0v) is 10.1. The van der Waals surface area contributed by atoms with Crippen LogP contribution in [-0.4, -0.2) is 5.11 Å². The van der Waals surface area contributed by atoms with Crippen LogP contribution in [0, 0.1) is 6.92 Å². The molecule has 2 nitrogen and oxygen atoms in total. The summed E-state index contributed by atoms with van der Waals surface area (Å²) in [7, 11) is 0. The maximum absolute atomic E-state index is 9.84. The predicted molar refractivity (Wildman–Crippen MR) is 71.3 cm³/mol. The first-order valence-corrected chi connectivity index (χ1v) is 5.78. The topological polar surface area (TPSA) is 32.3 Å². The van der Waals surface area contributed by atoms with Crippen molar-refractivity contribution < 1.29 is 5.11 Å². The summed E-state index contributed by atoms with van der Waals surface area (Å²) in [6.07, 6.45) is 0. The fourth-order valence-corrected chi connectivity index (χ4v) is 1.88. The van der Waals surface area contributed by atoms with Gasteiger partial charge in [0.2, 0.25) is 0 Å². The van der Waals surface area contributed by atoms with E-state index >= 15 is 0 Å². The van der Waals surface area contributed by atoms with Crippen molar-refractivity contribution >= 4 is 5.69 Å². The molecule has 2 aromatic rings. The third-order valence-corrected chi connectivity index (χ3v) is 2.81. The van der Waals surface area contributed by atoms with Gasteiger partial charge in [-0.15, -0.1) is 0 Å². The number of hydrogen-bond donors (Lipinski definition) is 2. The summed E-state index contributed by atoms with van der Waals surface area (Å²) in [5.41, 5.74) is 3.13. The number of phenols is 1. The first-order valence-electron chi connectivity index (χ1n) is 5.78. The van der Waals surface area contributed by atoms with Crippen molar-refractivity contribution in [3.8, 4) is 5.75 Å². The number of anilines is 1. The molecule has 2 rings (SSSR count). The van der Waals surface area contributed by atoms with E-state index < -0.39 is 0 Å². The minimum Gasteiger partial charge on any atom is -0.508 e. The average Bonchev–Trinajstić information content (AvgIpc) is 2.33. The zero-order valence-electron chi connectivity index (χ0n) is 10.1. The van der Waals surface area contributed by atoms with Crippen LogP contribution in [0.4, 0.5) is 5.69 Å². The molecular formula is C15H17NO. The Kier molecular flexibility index (Phi) is 3.33. The zero-order chi connectivity index (χ0) is 12.3. The molecule has 2 heteroatoms. The van der Waals surface area contributed by atoms with E-state index in [1.54, 1.807) is 6.07 Å². The van der Waals surface area contributed by atoms with Gasteiger partial charge in [-0.05, 0) is 32.0 Å². The Morgan fingerprint density at radius 3 is 2.47 bits per heavy atom. The van der Waals surface area contributed by atoms with Crippen molar-refractivity contribution in [2.45, 2.75) is 19.9 Å². The van der Waals surface area contributed by atoms with Gasteiger partial charge < -0.3 is 10.4 Å². The fraction of sp³-hybridized carbons (Fsp3) is 0.200. The van der Waals surface area contributed by atoms with Crippen LogP contribution in [0.15, 0.2) is 48.5 Å². The lowest BCUT2D eigenvalue weighted by Crippen LogP contribution is -2.06. The van der Waals surface area contributed by atoms with Crippen molar-refractivity contribution in [2.24, 2.45) is 0 Å². The molecule has 0 aromatic heterocycles. The smallest absolute Gasteiger partial charge is 0.120 e. The van der Waals surface area contributed by atoms with Gasteiger partial charge in [-0.25, -0.2) is 0 Å². The monoisotopic (exact) mass is 227 g/mol. The van der Waals surface area contributed by atoms with Crippen LogP contribution in [0.25, 0.3) is 0 Å². The summed E-state index contributed by atoms with van der Waals surface area (Å²) >= 11 is 0. The number of benzene rings is 2. The Morgan fingerprint density at radius 1 is 1.06 bits per heavy atom. The van der Waals surface area contributed by atoms with Crippen molar-refractivity contribution in [1.29, 1.82) is 0 Å². The molecule has 0 fully saturated rings. The van der Waals surface area contributed by atoms with Crippen LogP contribution < -0.4 is 5.32 Å². The van der Waals surface area contributed by atoms with E-state index in [1.165, 1.54) is 0 Å². The minimum absolute atomic E-state index is 0.0808. The summed E-state index contributed by atoms with van der Waals surface area (Å²) in [6, 6.07) is 15.7. The molecule has 1 unspecified atom stereocenters. The van der Waals surface area contributed by atoms with Gasteiger partial charge in [-0.3, -0.25) is 0 Å². The van der Waals surface area contributed by atoms with Gasteiger partial charge in [0.25, 0.3) is 0 Å². The molecular weight excluding hydrogens is 210 g/mol. The molecule has 1 atom stereocenters. The molecule has 0 amide bonds. The maximum atomic E-state index is 9.84. The molecule has 0 saturated carbocycles. The first kappa shape index (κ1) is 11.5. The Hall–Kier alpha value is -1.96. The summed E-state index contributed by atoms with van der Waals surface area (Å²) in [6.45, 7) is 4.07. The van der Waals surface area contributed by atoms with E-state index in [1.807, 2.05) is 56.3 Å². The highest BCUT2D eigenvalue weighted by atomic mass is 16.3. The largest absolute Gasteiger partial charge is 0.508 e. The van der Waals surface area contributed by atoms with Gasteiger partial charge in [0.05, 0.1) is 6.04 Å². The summed E-state index contributed by atoms with van der Waals surface area (Å²) in [4.78, 5) is 0. The van der Waals surface area contributed by atoms with E-state index in [0.717, 1.165) is 16.8 Å². The Balaban J connectivity index is 2.20. The number of aromatic hydroxyl groups is 1. The number of aryl methyl sites for hydroxylation is 1. The summed E-state index contributed by atoms with van der Waals surface area (Å²) < 4.78 is 0. The quantitative estimate of drug-likeness (QED) is 0.834.